The van der Waals surface area contributed by atoms with E-state index in [2.05, 4.69) is 5.32 Å². The van der Waals surface area contributed by atoms with Gasteiger partial charge in [-0.25, -0.2) is 4.39 Å². The normalized spacial score (nSPS) is 10.7. The van der Waals surface area contributed by atoms with Crippen LogP contribution in [0.1, 0.15) is 32.9 Å². The Morgan fingerprint density at radius 2 is 1.76 bits per heavy atom. The number of aryl methyl sites for hydroxylation is 3. The molecule has 0 atom stereocenters. The van der Waals surface area contributed by atoms with Crippen LogP contribution in [-0.4, -0.2) is 10.5 Å². The zero-order chi connectivity index (χ0) is 18.0. The molecule has 0 aliphatic carbocycles. The third kappa shape index (κ3) is 3.79. The van der Waals surface area contributed by atoms with Crippen LogP contribution in [0.2, 0.25) is 0 Å². The molecule has 0 aliphatic heterocycles. The number of hydrogen-bond donors (Lipinski definition) is 1. The van der Waals surface area contributed by atoms with Gasteiger partial charge in [0.1, 0.15) is 11.5 Å². The number of amides is 1. The van der Waals surface area contributed by atoms with Crippen molar-refractivity contribution in [1.82, 2.24) is 4.57 Å². The summed E-state index contributed by atoms with van der Waals surface area (Å²) in [4.78, 5) is 12.8. The molecule has 0 fully saturated rings. The molecule has 0 saturated heterocycles. The number of nitrogens with zero attached hydrogens (tertiary/aromatic N) is 1. The van der Waals surface area contributed by atoms with Gasteiger partial charge in [0.15, 0.2) is 0 Å². The number of benzene rings is 2. The molecule has 4 heteroatoms. The Bertz CT molecular complexity index is 910. The molecular weight excluding hydrogens is 315 g/mol. The van der Waals surface area contributed by atoms with E-state index in [4.69, 9.17) is 0 Å². The van der Waals surface area contributed by atoms with Crippen molar-refractivity contribution in [1.29, 1.82) is 0 Å². The van der Waals surface area contributed by atoms with Crippen molar-refractivity contribution in [3.63, 3.8) is 0 Å². The SMILES string of the molecule is Cc1cccc(NC(=O)c2c(C)cc(C)n2Cc2ccc(F)cc2)c1. The quantitative estimate of drug-likeness (QED) is 0.726. The van der Waals surface area contributed by atoms with Crippen molar-refractivity contribution >= 4 is 11.6 Å². The number of aromatic nitrogens is 1. The van der Waals surface area contributed by atoms with Crippen molar-refractivity contribution in [2.75, 3.05) is 5.32 Å². The van der Waals surface area contributed by atoms with Crippen LogP contribution in [-0.2, 0) is 6.54 Å². The fraction of sp³-hybridized carbons (Fsp3) is 0.190. The van der Waals surface area contributed by atoms with Gasteiger partial charge in [-0.2, -0.15) is 0 Å². The van der Waals surface area contributed by atoms with E-state index in [9.17, 15) is 9.18 Å². The highest BCUT2D eigenvalue weighted by Gasteiger charge is 2.18. The fourth-order valence-electron chi connectivity index (χ4n) is 3.04. The first-order valence-electron chi connectivity index (χ1n) is 8.23. The van der Waals surface area contributed by atoms with E-state index < -0.39 is 0 Å². The third-order valence-corrected chi connectivity index (χ3v) is 4.24. The summed E-state index contributed by atoms with van der Waals surface area (Å²) in [7, 11) is 0. The smallest absolute Gasteiger partial charge is 0.272 e. The van der Waals surface area contributed by atoms with E-state index >= 15 is 0 Å². The van der Waals surface area contributed by atoms with Gasteiger partial charge in [-0.1, -0.05) is 24.3 Å². The van der Waals surface area contributed by atoms with E-state index in [0.29, 0.717) is 12.2 Å². The molecule has 1 amide bonds. The Morgan fingerprint density at radius 1 is 1.04 bits per heavy atom. The summed E-state index contributed by atoms with van der Waals surface area (Å²) in [5, 5.41) is 2.97. The van der Waals surface area contributed by atoms with Crippen LogP contribution in [0.3, 0.4) is 0 Å². The van der Waals surface area contributed by atoms with E-state index in [1.807, 2.05) is 55.7 Å². The molecule has 25 heavy (non-hydrogen) atoms. The molecule has 128 valence electrons. The molecule has 0 spiro atoms. The number of carbonyl (C=O) groups excluding carboxylic acids is 1. The van der Waals surface area contributed by atoms with Crippen molar-refractivity contribution in [2.24, 2.45) is 0 Å². The monoisotopic (exact) mass is 336 g/mol. The summed E-state index contributed by atoms with van der Waals surface area (Å²) in [5.41, 5.74) is 5.36. The maximum absolute atomic E-state index is 13.1. The van der Waals surface area contributed by atoms with Gasteiger partial charge in [-0.3, -0.25) is 4.79 Å². The Hall–Kier alpha value is -2.88. The average molecular weight is 336 g/mol. The molecule has 0 saturated carbocycles. The summed E-state index contributed by atoms with van der Waals surface area (Å²) in [6.07, 6.45) is 0. The van der Waals surface area contributed by atoms with Gasteiger partial charge in [-0.15, -0.1) is 0 Å². The number of rotatable bonds is 4. The first kappa shape index (κ1) is 17.0. The number of hydrogen-bond acceptors (Lipinski definition) is 1. The Kier molecular flexibility index (Phi) is 4.70. The second-order valence-corrected chi connectivity index (χ2v) is 6.35. The number of halogens is 1. The Labute approximate surface area is 147 Å². The third-order valence-electron chi connectivity index (χ3n) is 4.24. The maximum Gasteiger partial charge on any atom is 0.272 e. The molecule has 0 unspecified atom stereocenters. The molecule has 0 aliphatic rings. The molecule has 0 bridgehead atoms. The molecule has 1 aromatic heterocycles. The zero-order valence-electron chi connectivity index (χ0n) is 14.6. The maximum atomic E-state index is 13.1. The number of carbonyl (C=O) groups is 1. The molecule has 0 radical (unpaired) electrons. The molecular formula is C21H21FN2O. The van der Waals surface area contributed by atoms with Crippen molar-refractivity contribution < 1.29 is 9.18 Å². The Balaban J connectivity index is 1.90. The van der Waals surface area contributed by atoms with Gasteiger partial charge in [0.05, 0.1) is 0 Å². The summed E-state index contributed by atoms with van der Waals surface area (Å²) in [6.45, 7) is 6.41. The van der Waals surface area contributed by atoms with Crippen LogP contribution in [0.15, 0.2) is 54.6 Å². The number of nitrogens with one attached hydrogen (secondary N) is 1. The van der Waals surface area contributed by atoms with E-state index in [1.165, 1.54) is 12.1 Å². The summed E-state index contributed by atoms with van der Waals surface area (Å²) >= 11 is 0. The van der Waals surface area contributed by atoms with Gasteiger partial charge in [-0.05, 0) is 67.8 Å². The lowest BCUT2D eigenvalue weighted by molar-refractivity contribution is 0.101. The second-order valence-electron chi connectivity index (χ2n) is 6.35. The van der Waals surface area contributed by atoms with Crippen molar-refractivity contribution in [2.45, 2.75) is 27.3 Å². The lowest BCUT2D eigenvalue weighted by Gasteiger charge is -2.13. The van der Waals surface area contributed by atoms with Crippen LogP contribution in [0, 0.1) is 26.6 Å². The van der Waals surface area contributed by atoms with E-state index in [-0.39, 0.29) is 11.7 Å². The molecule has 3 aromatic rings. The average Bonchev–Trinajstić information content (AvgIpc) is 2.83. The van der Waals surface area contributed by atoms with E-state index in [0.717, 1.165) is 28.1 Å². The topological polar surface area (TPSA) is 34.0 Å². The molecule has 3 nitrogen and oxygen atoms in total. The second kappa shape index (κ2) is 6.93. The van der Waals surface area contributed by atoms with Gasteiger partial charge in [0, 0.05) is 17.9 Å². The highest BCUT2D eigenvalue weighted by molar-refractivity contribution is 6.04. The van der Waals surface area contributed by atoms with Crippen LogP contribution in [0.5, 0.6) is 0 Å². The number of anilines is 1. The predicted molar refractivity (Wildman–Crippen MR) is 98.5 cm³/mol. The van der Waals surface area contributed by atoms with Crippen molar-refractivity contribution in [3.8, 4) is 0 Å². The van der Waals surface area contributed by atoms with E-state index in [1.54, 1.807) is 12.1 Å². The highest BCUT2D eigenvalue weighted by Crippen LogP contribution is 2.20. The van der Waals surface area contributed by atoms with Crippen LogP contribution >= 0.6 is 0 Å². The molecule has 3 rings (SSSR count). The summed E-state index contributed by atoms with van der Waals surface area (Å²) in [5.74, 6) is -0.403. The first-order valence-corrected chi connectivity index (χ1v) is 8.23. The van der Waals surface area contributed by atoms with Crippen LogP contribution in [0.4, 0.5) is 10.1 Å². The standard InChI is InChI=1S/C21H21FN2O/c1-14-5-4-6-19(11-14)23-21(25)20-15(2)12-16(3)24(20)13-17-7-9-18(22)10-8-17/h4-12H,13H2,1-3H3,(H,23,25). The highest BCUT2D eigenvalue weighted by atomic mass is 19.1. The first-order chi connectivity index (χ1) is 11.9. The molecule has 2 aromatic carbocycles. The molecule has 1 heterocycles. The fourth-order valence-corrected chi connectivity index (χ4v) is 3.04. The largest absolute Gasteiger partial charge is 0.336 e. The lowest BCUT2D eigenvalue weighted by Crippen LogP contribution is -2.19. The minimum Gasteiger partial charge on any atom is -0.336 e. The zero-order valence-corrected chi connectivity index (χ0v) is 14.6. The minimum absolute atomic E-state index is 0.140. The molecule has 1 N–H and O–H groups in total. The predicted octanol–water partition coefficient (Wildman–Crippen LogP) is 4.85. The van der Waals surface area contributed by atoms with Crippen LogP contribution in [0.25, 0.3) is 0 Å². The summed E-state index contributed by atoms with van der Waals surface area (Å²) < 4.78 is 15.1. The van der Waals surface area contributed by atoms with Crippen molar-refractivity contribution in [3.05, 3.63) is 88.5 Å². The van der Waals surface area contributed by atoms with Gasteiger partial charge in [0.2, 0.25) is 0 Å². The van der Waals surface area contributed by atoms with Gasteiger partial charge in [0.25, 0.3) is 5.91 Å². The minimum atomic E-state index is -0.262. The van der Waals surface area contributed by atoms with Crippen LogP contribution < -0.4 is 5.32 Å². The van der Waals surface area contributed by atoms with Gasteiger partial charge < -0.3 is 9.88 Å². The Morgan fingerprint density at radius 3 is 2.44 bits per heavy atom. The lowest BCUT2D eigenvalue weighted by atomic mass is 10.2. The summed E-state index contributed by atoms with van der Waals surface area (Å²) in [6, 6.07) is 16.1. The van der Waals surface area contributed by atoms with Gasteiger partial charge >= 0.3 is 0 Å².